The van der Waals surface area contributed by atoms with Gasteiger partial charge in [-0.05, 0) is 30.4 Å². The normalized spacial score (nSPS) is 16.9. The van der Waals surface area contributed by atoms with Crippen molar-refractivity contribution in [2.45, 2.75) is 25.2 Å². The van der Waals surface area contributed by atoms with Crippen LogP contribution in [0.3, 0.4) is 0 Å². The summed E-state index contributed by atoms with van der Waals surface area (Å²) in [5.74, 6) is 3.49. The standard InChI is InChI=1S/C15H12O4/c16-10-6-2-1-3-8-12-11-7-4-5-9-13(11)15(18)19-14(12)17/h4-5,7,9-10,12H,1,3,8H2. The van der Waals surface area contributed by atoms with Crippen molar-refractivity contribution in [1.82, 2.24) is 0 Å². The second kappa shape index (κ2) is 5.96. The number of hydrogen-bond donors (Lipinski definition) is 0. The number of rotatable bonds is 3. The number of carbonyl (C=O) groups excluding carboxylic acids is 3. The highest BCUT2D eigenvalue weighted by Gasteiger charge is 2.33. The summed E-state index contributed by atoms with van der Waals surface area (Å²) < 4.78 is 4.73. The van der Waals surface area contributed by atoms with Crippen molar-refractivity contribution >= 4 is 18.2 Å². The van der Waals surface area contributed by atoms with E-state index in [0.29, 0.717) is 36.7 Å². The molecule has 96 valence electrons. The molecule has 0 spiro atoms. The van der Waals surface area contributed by atoms with Crippen LogP contribution in [0.4, 0.5) is 0 Å². The van der Waals surface area contributed by atoms with Crippen LogP contribution in [0.25, 0.3) is 0 Å². The van der Waals surface area contributed by atoms with Crippen LogP contribution >= 0.6 is 0 Å². The molecule has 1 aliphatic heterocycles. The molecular weight excluding hydrogens is 244 g/mol. The molecule has 1 heterocycles. The number of hydrogen-bond acceptors (Lipinski definition) is 4. The van der Waals surface area contributed by atoms with Crippen molar-refractivity contribution in [2.75, 3.05) is 0 Å². The molecule has 4 heteroatoms. The van der Waals surface area contributed by atoms with E-state index < -0.39 is 17.9 Å². The molecule has 0 radical (unpaired) electrons. The molecule has 2 rings (SSSR count). The third kappa shape index (κ3) is 2.89. The fourth-order valence-electron chi connectivity index (χ4n) is 2.11. The van der Waals surface area contributed by atoms with Gasteiger partial charge in [0.2, 0.25) is 0 Å². The molecule has 1 aliphatic rings. The number of esters is 2. The summed E-state index contributed by atoms with van der Waals surface area (Å²) in [6, 6.07) is 6.96. The maximum Gasteiger partial charge on any atom is 0.346 e. The molecule has 0 amide bonds. The third-order valence-electron chi connectivity index (χ3n) is 2.99. The number of benzene rings is 1. The summed E-state index contributed by atoms with van der Waals surface area (Å²) in [5, 5.41) is 0. The fourth-order valence-corrected chi connectivity index (χ4v) is 2.11. The van der Waals surface area contributed by atoms with Gasteiger partial charge in [-0.2, -0.15) is 0 Å². The highest BCUT2D eigenvalue weighted by molar-refractivity contribution is 6.04. The Balaban J connectivity index is 2.11. The summed E-state index contributed by atoms with van der Waals surface area (Å²) in [7, 11) is 0. The topological polar surface area (TPSA) is 60.4 Å². The van der Waals surface area contributed by atoms with Crippen LogP contribution in [0.5, 0.6) is 0 Å². The Labute approximate surface area is 110 Å². The van der Waals surface area contributed by atoms with Crippen molar-refractivity contribution in [1.29, 1.82) is 0 Å². The second-order valence-electron chi connectivity index (χ2n) is 4.18. The maximum absolute atomic E-state index is 11.8. The zero-order chi connectivity index (χ0) is 13.7. The number of unbranched alkanes of at least 4 members (excludes halogenated alkanes) is 1. The Morgan fingerprint density at radius 1 is 1.26 bits per heavy atom. The fraction of sp³-hybridized carbons (Fsp3) is 0.267. The maximum atomic E-state index is 11.8. The van der Waals surface area contributed by atoms with E-state index in [1.807, 2.05) is 0 Å². The molecule has 1 aromatic carbocycles. The van der Waals surface area contributed by atoms with Gasteiger partial charge in [0.25, 0.3) is 0 Å². The Bertz CT molecular complexity index is 577. The molecule has 0 aromatic heterocycles. The highest BCUT2D eigenvalue weighted by Crippen LogP contribution is 2.31. The lowest BCUT2D eigenvalue weighted by Crippen LogP contribution is -2.27. The molecule has 0 fully saturated rings. The summed E-state index contributed by atoms with van der Waals surface area (Å²) in [5.41, 5.74) is 1.16. The zero-order valence-electron chi connectivity index (χ0n) is 10.2. The number of aldehydes is 1. The van der Waals surface area contributed by atoms with Gasteiger partial charge in [0.05, 0.1) is 11.5 Å². The van der Waals surface area contributed by atoms with Crippen molar-refractivity contribution in [3.8, 4) is 11.8 Å². The molecule has 1 atom stereocenters. The molecule has 0 aliphatic carbocycles. The van der Waals surface area contributed by atoms with Crippen molar-refractivity contribution in [2.24, 2.45) is 0 Å². The second-order valence-corrected chi connectivity index (χ2v) is 4.18. The predicted octanol–water partition coefficient (Wildman–Crippen LogP) is 1.84. The average molecular weight is 256 g/mol. The summed E-state index contributed by atoms with van der Waals surface area (Å²) in [4.78, 5) is 33.3. The van der Waals surface area contributed by atoms with Crippen LogP contribution in [0.2, 0.25) is 0 Å². The van der Waals surface area contributed by atoms with Gasteiger partial charge in [-0.1, -0.05) is 24.1 Å². The molecule has 0 bridgehead atoms. The first-order valence-electron chi connectivity index (χ1n) is 6.01. The average Bonchev–Trinajstić information content (AvgIpc) is 2.42. The minimum atomic E-state index is -0.586. The summed E-state index contributed by atoms with van der Waals surface area (Å²) in [6.07, 6.45) is 2.31. The quantitative estimate of drug-likeness (QED) is 0.272. The predicted molar refractivity (Wildman–Crippen MR) is 67.3 cm³/mol. The van der Waals surface area contributed by atoms with E-state index in [4.69, 9.17) is 4.74 Å². The smallest absolute Gasteiger partial charge is 0.346 e. The van der Waals surface area contributed by atoms with Gasteiger partial charge >= 0.3 is 11.9 Å². The SMILES string of the molecule is O=CC#CCCCC1C(=O)OC(=O)c2ccccc21. The summed E-state index contributed by atoms with van der Waals surface area (Å²) >= 11 is 0. The number of cyclic esters (lactones) is 2. The lowest BCUT2D eigenvalue weighted by Gasteiger charge is -2.22. The lowest BCUT2D eigenvalue weighted by atomic mass is 9.88. The van der Waals surface area contributed by atoms with E-state index in [0.717, 1.165) is 0 Å². The van der Waals surface area contributed by atoms with E-state index in [1.54, 1.807) is 24.3 Å². The van der Waals surface area contributed by atoms with E-state index in [2.05, 4.69) is 11.8 Å². The van der Waals surface area contributed by atoms with Gasteiger partial charge in [-0.15, -0.1) is 0 Å². The Kier molecular flexibility index (Phi) is 4.09. The minimum absolute atomic E-state index is 0.424. The molecule has 0 saturated heterocycles. The van der Waals surface area contributed by atoms with E-state index >= 15 is 0 Å². The van der Waals surface area contributed by atoms with Gasteiger partial charge in [0.1, 0.15) is 0 Å². The zero-order valence-corrected chi connectivity index (χ0v) is 10.2. The minimum Gasteiger partial charge on any atom is -0.389 e. The van der Waals surface area contributed by atoms with Gasteiger partial charge in [-0.25, -0.2) is 4.79 Å². The molecule has 4 nitrogen and oxygen atoms in total. The van der Waals surface area contributed by atoms with E-state index in [1.165, 1.54) is 0 Å². The Morgan fingerprint density at radius 2 is 2.05 bits per heavy atom. The molecule has 1 unspecified atom stereocenters. The van der Waals surface area contributed by atoms with Crippen LogP contribution in [0.1, 0.15) is 41.1 Å². The number of fused-ring (bicyclic) bond motifs is 1. The largest absolute Gasteiger partial charge is 0.389 e. The van der Waals surface area contributed by atoms with E-state index in [9.17, 15) is 14.4 Å². The van der Waals surface area contributed by atoms with Crippen LogP contribution in [-0.4, -0.2) is 18.2 Å². The van der Waals surface area contributed by atoms with Crippen LogP contribution < -0.4 is 0 Å². The third-order valence-corrected chi connectivity index (χ3v) is 2.99. The van der Waals surface area contributed by atoms with Gasteiger partial charge < -0.3 is 4.74 Å². The van der Waals surface area contributed by atoms with Crippen LogP contribution in [0.15, 0.2) is 24.3 Å². The van der Waals surface area contributed by atoms with Crippen molar-refractivity contribution in [3.05, 3.63) is 35.4 Å². The first kappa shape index (κ1) is 13.0. The lowest BCUT2D eigenvalue weighted by molar-refractivity contribution is -0.140. The van der Waals surface area contributed by atoms with Crippen LogP contribution in [0, 0.1) is 11.8 Å². The van der Waals surface area contributed by atoms with Gasteiger partial charge in [0.15, 0.2) is 6.29 Å². The van der Waals surface area contributed by atoms with Gasteiger partial charge in [-0.3, -0.25) is 9.59 Å². The van der Waals surface area contributed by atoms with Crippen molar-refractivity contribution in [3.63, 3.8) is 0 Å². The monoisotopic (exact) mass is 256 g/mol. The van der Waals surface area contributed by atoms with Crippen molar-refractivity contribution < 1.29 is 19.1 Å². The highest BCUT2D eigenvalue weighted by atomic mass is 16.6. The molecule has 19 heavy (non-hydrogen) atoms. The molecule has 0 saturated carbocycles. The van der Waals surface area contributed by atoms with Gasteiger partial charge in [0, 0.05) is 6.42 Å². The van der Waals surface area contributed by atoms with Crippen LogP contribution in [-0.2, 0) is 14.3 Å². The Hall–Kier alpha value is -2.41. The summed E-state index contributed by atoms with van der Waals surface area (Å²) in [6.45, 7) is 0. The first-order valence-corrected chi connectivity index (χ1v) is 6.01. The molecular formula is C15H12O4. The Morgan fingerprint density at radius 3 is 2.84 bits per heavy atom. The number of carbonyl (C=O) groups is 3. The van der Waals surface area contributed by atoms with E-state index in [-0.39, 0.29) is 0 Å². The number of ether oxygens (including phenoxy) is 1. The molecule has 0 N–H and O–H groups in total. The first-order chi connectivity index (χ1) is 9.24. The molecule has 1 aromatic rings.